The van der Waals surface area contributed by atoms with E-state index in [1.807, 2.05) is 0 Å². The fourth-order valence-corrected chi connectivity index (χ4v) is 5.23. The Morgan fingerprint density at radius 1 is 1.15 bits per heavy atom. The lowest BCUT2D eigenvalue weighted by Gasteiger charge is -2.23. The van der Waals surface area contributed by atoms with Gasteiger partial charge in [-0.3, -0.25) is 9.78 Å². The van der Waals surface area contributed by atoms with Crippen molar-refractivity contribution < 1.29 is 13.2 Å². The van der Waals surface area contributed by atoms with Gasteiger partial charge in [0.25, 0.3) is 0 Å². The zero-order chi connectivity index (χ0) is 19.3. The molecule has 3 rings (SSSR count). The molecule has 7 heteroatoms. The lowest BCUT2D eigenvalue weighted by atomic mass is 9.88. The molecule has 5 nitrogen and oxygen atoms in total. The predicted molar refractivity (Wildman–Crippen MR) is 105 cm³/mol. The van der Waals surface area contributed by atoms with E-state index in [1.165, 1.54) is 18.3 Å². The van der Waals surface area contributed by atoms with Gasteiger partial charge >= 0.3 is 0 Å². The Balaban J connectivity index is 1.83. The molecule has 1 fully saturated rings. The van der Waals surface area contributed by atoms with Gasteiger partial charge in [-0.15, -0.1) is 0 Å². The molecule has 1 heterocycles. The smallest absolute Gasteiger partial charge is 0.223 e. The van der Waals surface area contributed by atoms with Crippen LogP contribution >= 0.6 is 11.6 Å². The van der Waals surface area contributed by atoms with Crippen LogP contribution in [0.25, 0.3) is 0 Å². The number of benzene rings is 1. The molecule has 0 saturated heterocycles. The molecule has 1 saturated carbocycles. The van der Waals surface area contributed by atoms with Gasteiger partial charge < -0.3 is 5.32 Å². The number of sulfone groups is 1. The molecular formula is C20H23ClN2O3S. The highest BCUT2D eigenvalue weighted by atomic mass is 35.5. The highest BCUT2D eigenvalue weighted by molar-refractivity contribution is 7.91. The van der Waals surface area contributed by atoms with E-state index in [9.17, 15) is 13.2 Å². The summed E-state index contributed by atoms with van der Waals surface area (Å²) < 4.78 is 26.4. The molecule has 1 aliphatic rings. The molecule has 1 aromatic heterocycles. The Labute approximate surface area is 165 Å². The summed E-state index contributed by atoms with van der Waals surface area (Å²) in [6.45, 7) is 0.0198. The van der Waals surface area contributed by atoms with E-state index in [1.54, 1.807) is 30.5 Å². The van der Waals surface area contributed by atoms with Crippen molar-refractivity contribution in [2.24, 2.45) is 5.92 Å². The Morgan fingerprint density at radius 3 is 2.48 bits per heavy atom. The van der Waals surface area contributed by atoms with Gasteiger partial charge in [-0.05, 0) is 48.7 Å². The second kappa shape index (κ2) is 8.85. The molecule has 0 aliphatic heterocycles. The topological polar surface area (TPSA) is 76.1 Å². The van der Waals surface area contributed by atoms with Gasteiger partial charge in [-0.1, -0.05) is 36.9 Å². The van der Waals surface area contributed by atoms with Crippen LogP contribution in [-0.2, 0) is 14.6 Å². The number of halogens is 1. The normalized spacial score (nSPS) is 16.6. The van der Waals surface area contributed by atoms with Crippen molar-refractivity contribution in [3.05, 3.63) is 59.4 Å². The van der Waals surface area contributed by atoms with Crippen molar-refractivity contribution in [1.29, 1.82) is 0 Å². The molecule has 1 amide bonds. The van der Waals surface area contributed by atoms with Crippen LogP contribution in [0.3, 0.4) is 0 Å². The Bertz CT molecular complexity index is 864. The van der Waals surface area contributed by atoms with E-state index < -0.39 is 15.1 Å². The molecule has 144 valence electrons. The third-order valence-corrected chi connectivity index (χ3v) is 7.38. The average molecular weight is 407 g/mol. The first-order valence-electron chi connectivity index (χ1n) is 9.15. The van der Waals surface area contributed by atoms with Crippen molar-refractivity contribution in [2.45, 2.75) is 42.2 Å². The molecule has 0 bridgehead atoms. The third-order valence-electron chi connectivity index (χ3n) is 5.01. The summed E-state index contributed by atoms with van der Waals surface area (Å²) in [5.74, 6) is -0.0820. The SMILES string of the molecule is O=C(NC[C@@H](c1cccnc1)S(=O)(=O)c1ccc(Cl)cc1)C1CCCCC1. The van der Waals surface area contributed by atoms with Gasteiger partial charge in [-0.25, -0.2) is 8.42 Å². The minimum absolute atomic E-state index is 0.0198. The third kappa shape index (κ3) is 4.87. The first-order valence-corrected chi connectivity index (χ1v) is 11.1. The number of carbonyl (C=O) groups is 1. The Hall–Kier alpha value is -1.92. The predicted octanol–water partition coefficient (Wildman–Crippen LogP) is 3.95. The molecule has 2 aromatic rings. The van der Waals surface area contributed by atoms with Crippen molar-refractivity contribution in [2.75, 3.05) is 6.54 Å². The van der Waals surface area contributed by atoms with Crippen molar-refractivity contribution in [3.63, 3.8) is 0 Å². The van der Waals surface area contributed by atoms with Crippen LogP contribution in [0, 0.1) is 5.92 Å². The number of carbonyl (C=O) groups excluding carboxylic acids is 1. The molecule has 27 heavy (non-hydrogen) atoms. The van der Waals surface area contributed by atoms with Gasteiger partial charge in [0.15, 0.2) is 9.84 Å². The minimum atomic E-state index is -3.71. The largest absolute Gasteiger partial charge is 0.354 e. The number of hydrogen-bond donors (Lipinski definition) is 1. The monoisotopic (exact) mass is 406 g/mol. The number of nitrogens with zero attached hydrogens (tertiary/aromatic N) is 1. The van der Waals surface area contributed by atoms with Gasteiger partial charge in [0.1, 0.15) is 5.25 Å². The van der Waals surface area contributed by atoms with Crippen LogP contribution in [0.2, 0.25) is 5.02 Å². The fraction of sp³-hybridized carbons (Fsp3) is 0.400. The second-order valence-corrected chi connectivity index (χ2v) is 9.42. The minimum Gasteiger partial charge on any atom is -0.354 e. The molecule has 1 atom stereocenters. The number of pyridine rings is 1. The van der Waals surface area contributed by atoms with E-state index in [0.29, 0.717) is 10.6 Å². The molecular weight excluding hydrogens is 384 g/mol. The summed E-state index contributed by atoms with van der Waals surface area (Å²) in [7, 11) is -3.71. The Kier molecular flexibility index (Phi) is 6.50. The lowest BCUT2D eigenvalue weighted by Crippen LogP contribution is -2.36. The summed E-state index contributed by atoms with van der Waals surface area (Å²) in [5, 5.41) is 2.43. The first kappa shape index (κ1) is 19.8. The summed E-state index contributed by atoms with van der Waals surface area (Å²) >= 11 is 5.89. The second-order valence-electron chi connectivity index (χ2n) is 6.85. The number of amides is 1. The maximum atomic E-state index is 13.2. The fourth-order valence-electron chi connectivity index (χ4n) is 3.46. The van der Waals surface area contributed by atoms with Crippen molar-refractivity contribution in [3.8, 4) is 0 Å². The maximum absolute atomic E-state index is 13.2. The lowest BCUT2D eigenvalue weighted by molar-refractivity contribution is -0.125. The van der Waals surface area contributed by atoms with Crippen LogP contribution in [0.15, 0.2) is 53.7 Å². The highest BCUT2D eigenvalue weighted by Gasteiger charge is 2.31. The summed E-state index contributed by atoms with van der Waals surface area (Å²) in [5.41, 5.74) is 0.552. The summed E-state index contributed by atoms with van der Waals surface area (Å²) in [6.07, 6.45) is 8.12. The molecule has 0 radical (unpaired) electrons. The van der Waals surface area contributed by atoms with E-state index in [-0.39, 0.29) is 23.3 Å². The summed E-state index contributed by atoms with van der Waals surface area (Å²) in [6, 6.07) is 9.50. The van der Waals surface area contributed by atoms with Crippen LogP contribution < -0.4 is 5.32 Å². The van der Waals surface area contributed by atoms with Crippen LogP contribution in [0.1, 0.15) is 42.9 Å². The van der Waals surface area contributed by atoms with Crippen LogP contribution in [0.4, 0.5) is 0 Å². The van der Waals surface area contributed by atoms with Gasteiger partial charge in [0.2, 0.25) is 5.91 Å². The van der Waals surface area contributed by atoms with Crippen LogP contribution in [0.5, 0.6) is 0 Å². The van der Waals surface area contributed by atoms with Crippen molar-refractivity contribution >= 4 is 27.3 Å². The van der Waals surface area contributed by atoms with E-state index in [4.69, 9.17) is 11.6 Å². The highest BCUT2D eigenvalue weighted by Crippen LogP contribution is 2.29. The summed E-state index contributed by atoms with van der Waals surface area (Å²) in [4.78, 5) is 16.7. The standard InChI is InChI=1S/C20H23ClN2O3S/c21-17-8-10-18(11-9-17)27(25,26)19(16-7-4-12-22-13-16)14-23-20(24)15-5-2-1-3-6-15/h4,7-13,15,19H,1-3,5-6,14H2,(H,23,24)/t19-/m0/s1. The first-order chi connectivity index (χ1) is 13.0. The molecule has 1 aromatic carbocycles. The Morgan fingerprint density at radius 2 is 1.85 bits per heavy atom. The van der Waals surface area contributed by atoms with Crippen molar-refractivity contribution in [1.82, 2.24) is 10.3 Å². The van der Waals surface area contributed by atoms with Gasteiger partial charge in [0, 0.05) is 29.9 Å². The zero-order valence-corrected chi connectivity index (χ0v) is 16.5. The number of rotatable bonds is 6. The quantitative estimate of drug-likeness (QED) is 0.788. The number of hydrogen-bond acceptors (Lipinski definition) is 4. The molecule has 1 N–H and O–H groups in total. The number of nitrogens with one attached hydrogen (secondary N) is 1. The molecule has 1 aliphatic carbocycles. The zero-order valence-electron chi connectivity index (χ0n) is 15.0. The van der Waals surface area contributed by atoms with Crippen LogP contribution in [-0.4, -0.2) is 25.9 Å². The van der Waals surface area contributed by atoms with E-state index in [2.05, 4.69) is 10.3 Å². The molecule has 0 unspecified atom stereocenters. The maximum Gasteiger partial charge on any atom is 0.223 e. The number of aromatic nitrogens is 1. The average Bonchev–Trinajstić information content (AvgIpc) is 2.69. The molecule has 0 spiro atoms. The van der Waals surface area contributed by atoms with Gasteiger partial charge in [0.05, 0.1) is 4.90 Å². The van der Waals surface area contributed by atoms with E-state index in [0.717, 1.165) is 32.1 Å². The van der Waals surface area contributed by atoms with E-state index >= 15 is 0 Å². The van der Waals surface area contributed by atoms with Gasteiger partial charge in [-0.2, -0.15) is 0 Å².